The van der Waals surface area contributed by atoms with E-state index in [0.717, 1.165) is 57.0 Å². The van der Waals surface area contributed by atoms with Crippen molar-refractivity contribution in [2.45, 2.75) is 69.7 Å². The summed E-state index contributed by atoms with van der Waals surface area (Å²) in [6.45, 7) is 4.06. The van der Waals surface area contributed by atoms with Gasteiger partial charge in [0.1, 0.15) is 0 Å². The average Bonchev–Trinajstić information content (AvgIpc) is 2.67. The quantitative estimate of drug-likeness (QED) is 0.875. The first-order valence-corrected chi connectivity index (χ1v) is 11.1. The molecule has 3 nitrogen and oxygen atoms in total. The molecule has 1 aromatic carbocycles. The number of benzene rings is 1. The van der Waals surface area contributed by atoms with E-state index in [-0.39, 0.29) is 10.8 Å². The van der Waals surface area contributed by atoms with Crippen LogP contribution in [-0.2, 0) is 10.2 Å². The van der Waals surface area contributed by atoms with Gasteiger partial charge in [-0.15, -0.1) is 0 Å². The van der Waals surface area contributed by atoms with Gasteiger partial charge in [-0.3, -0.25) is 4.79 Å². The molecular formula is C24H34N2O. The fourth-order valence-electron chi connectivity index (χ4n) is 7.46. The van der Waals surface area contributed by atoms with E-state index in [1.165, 1.54) is 30.4 Å². The molecule has 146 valence electrons. The molecule has 5 aliphatic rings. The van der Waals surface area contributed by atoms with E-state index < -0.39 is 0 Å². The molecule has 6 rings (SSSR count). The van der Waals surface area contributed by atoms with Crippen molar-refractivity contribution in [3.05, 3.63) is 35.4 Å². The van der Waals surface area contributed by atoms with Gasteiger partial charge >= 0.3 is 0 Å². The number of amides is 1. The van der Waals surface area contributed by atoms with Gasteiger partial charge in [-0.2, -0.15) is 0 Å². The summed E-state index contributed by atoms with van der Waals surface area (Å²) < 4.78 is 0. The van der Waals surface area contributed by atoms with Crippen LogP contribution in [-0.4, -0.2) is 37.0 Å². The first-order chi connectivity index (χ1) is 13.0. The third-order valence-electron chi connectivity index (χ3n) is 8.37. The van der Waals surface area contributed by atoms with Crippen LogP contribution in [0.25, 0.3) is 0 Å². The fourth-order valence-corrected chi connectivity index (χ4v) is 7.46. The largest absolute Gasteiger partial charge is 0.342 e. The zero-order chi connectivity index (χ0) is 18.6. The van der Waals surface area contributed by atoms with Gasteiger partial charge in [-0.05, 0) is 88.2 Å². The lowest BCUT2D eigenvalue weighted by molar-refractivity contribution is -0.161. The second-order valence-corrected chi connectivity index (χ2v) is 10.2. The number of piperidine rings is 1. The molecule has 2 atom stereocenters. The van der Waals surface area contributed by atoms with E-state index in [1.54, 1.807) is 0 Å². The summed E-state index contributed by atoms with van der Waals surface area (Å²) >= 11 is 0. The Morgan fingerprint density at radius 1 is 1.04 bits per heavy atom. The third-order valence-corrected chi connectivity index (χ3v) is 8.37. The van der Waals surface area contributed by atoms with Gasteiger partial charge in [0.05, 0.1) is 5.41 Å². The summed E-state index contributed by atoms with van der Waals surface area (Å²) in [6.07, 6.45) is 9.60. The summed E-state index contributed by atoms with van der Waals surface area (Å²) in [5.74, 6) is 2.01. The Kier molecular flexibility index (Phi) is 4.16. The standard InChI is InChI=1S/C24H34N2O/c1-17-3-5-20(6-4-17)23-12-18-11-19(13-23)15-24(14-18,16-23)22(27)26-9-7-21(25-2)8-10-26/h3-6,18-19,21,25H,7-16H2,1-2H3. The average molecular weight is 367 g/mol. The molecule has 1 aromatic rings. The number of rotatable bonds is 3. The summed E-state index contributed by atoms with van der Waals surface area (Å²) in [4.78, 5) is 16.0. The SMILES string of the molecule is CNC1CCN(C(=O)C23CC4CC(C2)CC(c2ccc(C)cc2)(C4)C3)CC1. The number of carbonyl (C=O) groups is 1. The Bertz CT molecular complexity index is 702. The van der Waals surface area contributed by atoms with Gasteiger partial charge in [0, 0.05) is 19.1 Å². The van der Waals surface area contributed by atoms with Crippen LogP contribution in [0.4, 0.5) is 0 Å². The first-order valence-electron chi connectivity index (χ1n) is 11.1. The van der Waals surface area contributed by atoms with Gasteiger partial charge in [-0.25, -0.2) is 0 Å². The molecule has 0 spiro atoms. The van der Waals surface area contributed by atoms with Crippen molar-refractivity contribution in [3.63, 3.8) is 0 Å². The van der Waals surface area contributed by atoms with Crippen LogP contribution in [0.15, 0.2) is 24.3 Å². The number of nitrogens with one attached hydrogen (secondary N) is 1. The lowest BCUT2D eigenvalue weighted by atomic mass is 9.42. The van der Waals surface area contributed by atoms with E-state index in [4.69, 9.17) is 0 Å². The molecule has 1 amide bonds. The molecule has 2 unspecified atom stereocenters. The van der Waals surface area contributed by atoms with Crippen LogP contribution in [0, 0.1) is 24.2 Å². The summed E-state index contributed by atoms with van der Waals surface area (Å²) in [7, 11) is 2.05. The van der Waals surface area contributed by atoms with Gasteiger partial charge in [0.25, 0.3) is 0 Å². The third kappa shape index (κ3) is 2.85. The van der Waals surface area contributed by atoms with E-state index in [9.17, 15) is 4.79 Å². The minimum Gasteiger partial charge on any atom is -0.342 e. The van der Waals surface area contributed by atoms with Gasteiger partial charge < -0.3 is 10.2 Å². The van der Waals surface area contributed by atoms with Crippen molar-refractivity contribution in [2.24, 2.45) is 17.3 Å². The molecule has 1 N–H and O–H groups in total. The highest BCUT2D eigenvalue weighted by atomic mass is 16.2. The molecule has 4 aliphatic carbocycles. The van der Waals surface area contributed by atoms with E-state index in [2.05, 4.69) is 41.4 Å². The number of aryl methyl sites for hydroxylation is 1. The van der Waals surface area contributed by atoms with Crippen LogP contribution >= 0.6 is 0 Å². The number of likely N-dealkylation sites (tertiary alicyclic amines) is 1. The van der Waals surface area contributed by atoms with Crippen LogP contribution in [0.5, 0.6) is 0 Å². The highest BCUT2D eigenvalue weighted by molar-refractivity contribution is 5.84. The van der Waals surface area contributed by atoms with Crippen LogP contribution < -0.4 is 5.32 Å². The Balaban J connectivity index is 1.43. The van der Waals surface area contributed by atoms with Crippen LogP contribution in [0.1, 0.15) is 62.5 Å². The summed E-state index contributed by atoms with van der Waals surface area (Å²) in [5, 5.41) is 3.39. The highest BCUT2D eigenvalue weighted by Gasteiger charge is 2.61. The number of hydrogen-bond donors (Lipinski definition) is 1. The minimum absolute atomic E-state index is 0.0680. The van der Waals surface area contributed by atoms with Gasteiger partial charge in [-0.1, -0.05) is 29.8 Å². The van der Waals surface area contributed by atoms with Crippen molar-refractivity contribution in [1.29, 1.82) is 0 Å². The molecule has 4 saturated carbocycles. The van der Waals surface area contributed by atoms with Gasteiger partial charge in [0.2, 0.25) is 5.91 Å². The zero-order valence-electron chi connectivity index (χ0n) is 17.0. The van der Waals surface area contributed by atoms with Crippen LogP contribution in [0.3, 0.4) is 0 Å². The maximum absolute atomic E-state index is 13.8. The van der Waals surface area contributed by atoms with Crippen molar-refractivity contribution in [1.82, 2.24) is 10.2 Å². The second-order valence-electron chi connectivity index (χ2n) is 10.2. The van der Waals surface area contributed by atoms with Crippen molar-refractivity contribution < 1.29 is 4.79 Å². The lowest BCUT2D eigenvalue weighted by Crippen LogP contribution is -2.60. The Labute approximate surface area is 163 Å². The Morgan fingerprint density at radius 3 is 2.26 bits per heavy atom. The Morgan fingerprint density at radius 2 is 1.67 bits per heavy atom. The van der Waals surface area contributed by atoms with E-state index in [1.807, 2.05) is 7.05 Å². The zero-order valence-corrected chi connectivity index (χ0v) is 17.0. The molecular weight excluding hydrogens is 332 g/mol. The van der Waals surface area contributed by atoms with Crippen molar-refractivity contribution >= 4 is 5.91 Å². The first kappa shape index (κ1) is 17.7. The maximum atomic E-state index is 13.8. The molecule has 0 aromatic heterocycles. The maximum Gasteiger partial charge on any atom is 0.228 e. The molecule has 4 bridgehead atoms. The predicted molar refractivity (Wildman–Crippen MR) is 109 cm³/mol. The Hall–Kier alpha value is -1.35. The molecule has 1 heterocycles. The second kappa shape index (κ2) is 6.34. The van der Waals surface area contributed by atoms with Crippen LogP contribution in [0.2, 0.25) is 0 Å². The molecule has 0 radical (unpaired) electrons. The van der Waals surface area contributed by atoms with Gasteiger partial charge in [0.15, 0.2) is 0 Å². The van der Waals surface area contributed by atoms with Crippen molar-refractivity contribution in [3.8, 4) is 0 Å². The molecule has 1 aliphatic heterocycles. The smallest absolute Gasteiger partial charge is 0.228 e. The number of hydrogen-bond acceptors (Lipinski definition) is 2. The predicted octanol–water partition coefficient (Wildman–Crippen LogP) is 4.04. The minimum atomic E-state index is -0.0680. The highest BCUT2D eigenvalue weighted by Crippen LogP contribution is 2.66. The molecule has 3 heteroatoms. The number of carbonyl (C=O) groups excluding carboxylic acids is 1. The van der Waals surface area contributed by atoms with E-state index >= 15 is 0 Å². The van der Waals surface area contributed by atoms with E-state index in [0.29, 0.717) is 11.9 Å². The van der Waals surface area contributed by atoms with Crippen molar-refractivity contribution in [2.75, 3.05) is 20.1 Å². The fraction of sp³-hybridized carbons (Fsp3) is 0.708. The summed E-state index contributed by atoms with van der Waals surface area (Å²) in [6, 6.07) is 9.85. The monoisotopic (exact) mass is 366 g/mol. The normalized spacial score (nSPS) is 38.4. The molecule has 1 saturated heterocycles. The summed E-state index contributed by atoms with van der Waals surface area (Å²) in [5.41, 5.74) is 3.04. The topological polar surface area (TPSA) is 32.3 Å². The molecule has 27 heavy (non-hydrogen) atoms. The molecule has 5 fully saturated rings. The lowest BCUT2D eigenvalue weighted by Gasteiger charge is -2.62. The number of nitrogens with zero attached hydrogens (tertiary/aromatic N) is 1.